The average molecular weight is 247 g/mol. The Morgan fingerprint density at radius 3 is 2.83 bits per heavy atom. The molecule has 0 aliphatic heterocycles. The lowest BCUT2D eigenvalue weighted by atomic mass is 10.1. The number of benzene rings is 1. The number of hydrogen-bond acceptors (Lipinski definition) is 3. The minimum atomic E-state index is 0.0346. The van der Waals surface area contributed by atoms with E-state index in [2.05, 4.69) is 10.6 Å². The summed E-state index contributed by atoms with van der Waals surface area (Å²) in [5.74, 6) is 0.0346. The molecule has 0 bridgehead atoms. The van der Waals surface area contributed by atoms with E-state index in [9.17, 15) is 4.79 Å². The molecule has 1 aromatic carbocycles. The molecule has 1 aliphatic carbocycles. The molecular weight excluding hydrogens is 226 g/mol. The highest BCUT2D eigenvalue weighted by Crippen LogP contribution is 2.24. The van der Waals surface area contributed by atoms with Crippen molar-refractivity contribution in [3.63, 3.8) is 0 Å². The maximum Gasteiger partial charge on any atom is 0.224 e. The molecule has 1 fully saturated rings. The molecule has 98 valence electrons. The van der Waals surface area contributed by atoms with E-state index in [0.717, 1.165) is 30.5 Å². The Kier molecular flexibility index (Phi) is 4.20. The first-order valence-corrected chi connectivity index (χ1v) is 6.49. The third-order valence-corrected chi connectivity index (χ3v) is 3.48. The third-order valence-electron chi connectivity index (χ3n) is 3.48. The van der Waals surface area contributed by atoms with Gasteiger partial charge >= 0.3 is 0 Å². The number of rotatable bonds is 4. The zero-order chi connectivity index (χ0) is 13.0. The van der Waals surface area contributed by atoms with Gasteiger partial charge in [0.2, 0.25) is 5.91 Å². The monoisotopic (exact) mass is 247 g/mol. The Morgan fingerprint density at radius 1 is 1.39 bits per heavy atom. The van der Waals surface area contributed by atoms with Gasteiger partial charge in [-0.2, -0.15) is 0 Å². The summed E-state index contributed by atoms with van der Waals surface area (Å²) in [6, 6.07) is 8.72. The van der Waals surface area contributed by atoms with Crippen LogP contribution in [-0.2, 0) is 11.2 Å². The molecule has 4 N–H and O–H groups in total. The van der Waals surface area contributed by atoms with Gasteiger partial charge in [0.25, 0.3) is 0 Å². The van der Waals surface area contributed by atoms with E-state index in [1.54, 1.807) is 7.05 Å². The molecule has 4 heteroatoms. The SMILES string of the molecule is CNC(=O)Cc1ccccc1NC1CCC(N)C1. The molecule has 0 spiro atoms. The number of nitrogens with two attached hydrogens (primary N) is 1. The molecule has 0 radical (unpaired) electrons. The fourth-order valence-corrected chi connectivity index (χ4v) is 2.44. The molecule has 1 saturated carbocycles. The lowest BCUT2D eigenvalue weighted by molar-refractivity contribution is -0.119. The van der Waals surface area contributed by atoms with E-state index in [1.807, 2.05) is 24.3 Å². The van der Waals surface area contributed by atoms with Gasteiger partial charge in [-0.05, 0) is 30.9 Å². The Hall–Kier alpha value is -1.55. The predicted octanol–water partition coefficient (Wildman–Crippen LogP) is 1.27. The summed E-state index contributed by atoms with van der Waals surface area (Å²) in [6.07, 6.45) is 3.61. The van der Waals surface area contributed by atoms with E-state index in [0.29, 0.717) is 18.5 Å². The van der Waals surface area contributed by atoms with Gasteiger partial charge in [-0.1, -0.05) is 18.2 Å². The molecule has 18 heavy (non-hydrogen) atoms. The van der Waals surface area contributed by atoms with Crippen LogP contribution in [0.4, 0.5) is 5.69 Å². The summed E-state index contributed by atoms with van der Waals surface area (Å²) in [5.41, 5.74) is 8.01. The number of amides is 1. The molecule has 1 aliphatic rings. The second-order valence-corrected chi connectivity index (χ2v) is 4.92. The number of likely N-dealkylation sites (N-methyl/N-ethyl adjacent to an activating group) is 1. The molecule has 0 aromatic heterocycles. The van der Waals surface area contributed by atoms with Gasteiger partial charge in [0.05, 0.1) is 6.42 Å². The highest BCUT2D eigenvalue weighted by atomic mass is 16.1. The van der Waals surface area contributed by atoms with Crippen LogP contribution in [0.3, 0.4) is 0 Å². The van der Waals surface area contributed by atoms with Crippen molar-refractivity contribution in [2.45, 2.75) is 37.8 Å². The van der Waals surface area contributed by atoms with Crippen LogP contribution in [0.5, 0.6) is 0 Å². The molecule has 4 nitrogen and oxygen atoms in total. The van der Waals surface area contributed by atoms with Gasteiger partial charge in [0.1, 0.15) is 0 Å². The number of carbonyl (C=O) groups excluding carboxylic acids is 1. The number of carbonyl (C=O) groups is 1. The van der Waals surface area contributed by atoms with Gasteiger partial charge in [0, 0.05) is 24.8 Å². The molecule has 1 amide bonds. The van der Waals surface area contributed by atoms with Crippen molar-refractivity contribution >= 4 is 11.6 Å². The van der Waals surface area contributed by atoms with E-state index in [1.165, 1.54) is 0 Å². The fraction of sp³-hybridized carbons (Fsp3) is 0.500. The van der Waals surface area contributed by atoms with Crippen molar-refractivity contribution in [1.29, 1.82) is 0 Å². The predicted molar refractivity (Wildman–Crippen MR) is 73.4 cm³/mol. The maximum absolute atomic E-state index is 11.5. The van der Waals surface area contributed by atoms with Crippen molar-refractivity contribution in [3.05, 3.63) is 29.8 Å². The normalized spacial score (nSPS) is 22.8. The van der Waals surface area contributed by atoms with Gasteiger partial charge < -0.3 is 16.4 Å². The molecule has 0 saturated heterocycles. The molecular formula is C14H21N3O. The van der Waals surface area contributed by atoms with Crippen LogP contribution in [0.2, 0.25) is 0 Å². The maximum atomic E-state index is 11.5. The minimum absolute atomic E-state index is 0.0346. The Morgan fingerprint density at radius 2 is 2.17 bits per heavy atom. The van der Waals surface area contributed by atoms with Crippen molar-refractivity contribution < 1.29 is 4.79 Å². The van der Waals surface area contributed by atoms with Crippen LogP contribution in [0.1, 0.15) is 24.8 Å². The molecule has 1 aromatic rings. The summed E-state index contributed by atoms with van der Waals surface area (Å²) >= 11 is 0. The summed E-state index contributed by atoms with van der Waals surface area (Å²) in [7, 11) is 1.66. The highest BCUT2D eigenvalue weighted by molar-refractivity contribution is 5.80. The van der Waals surface area contributed by atoms with Gasteiger partial charge in [0.15, 0.2) is 0 Å². The first-order valence-electron chi connectivity index (χ1n) is 6.49. The number of para-hydroxylation sites is 1. The van der Waals surface area contributed by atoms with Crippen LogP contribution in [0.15, 0.2) is 24.3 Å². The topological polar surface area (TPSA) is 67.2 Å². The van der Waals surface area contributed by atoms with Crippen LogP contribution in [0, 0.1) is 0 Å². The first kappa shape index (κ1) is 12.9. The summed E-state index contributed by atoms with van der Waals surface area (Å²) in [6.45, 7) is 0. The zero-order valence-electron chi connectivity index (χ0n) is 10.8. The summed E-state index contributed by atoms with van der Waals surface area (Å²) < 4.78 is 0. The van der Waals surface area contributed by atoms with Crippen LogP contribution in [-0.4, -0.2) is 25.0 Å². The van der Waals surface area contributed by atoms with E-state index in [-0.39, 0.29) is 5.91 Å². The Labute approximate surface area is 108 Å². The highest BCUT2D eigenvalue weighted by Gasteiger charge is 2.22. The average Bonchev–Trinajstić information content (AvgIpc) is 2.77. The Bertz CT molecular complexity index is 419. The van der Waals surface area contributed by atoms with Crippen LogP contribution in [0.25, 0.3) is 0 Å². The summed E-state index contributed by atoms with van der Waals surface area (Å²) in [5, 5.41) is 6.16. The van der Waals surface area contributed by atoms with Gasteiger partial charge in [-0.15, -0.1) is 0 Å². The quantitative estimate of drug-likeness (QED) is 0.750. The third kappa shape index (κ3) is 3.23. The van der Waals surface area contributed by atoms with Gasteiger partial charge in [-0.3, -0.25) is 4.79 Å². The lowest BCUT2D eigenvalue weighted by Gasteiger charge is -2.17. The van der Waals surface area contributed by atoms with Gasteiger partial charge in [-0.25, -0.2) is 0 Å². The number of hydrogen-bond donors (Lipinski definition) is 3. The second-order valence-electron chi connectivity index (χ2n) is 4.92. The molecule has 0 heterocycles. The van der Waals surface area contributed by atoms with Crippen molar-refractivity contribution in [1.82, 2.24) is 5.32 Å². The van der Waals surface area contributed by atoms with Crippen molar-refractivity contribution in [3.8, 4) is 0 Å². The van der Waals surface area contributed by atoms with E-state index >= 15 is 0 Å². The number of nitrogens with one attached hydrogen (secondary N) is 2. The summed E-state index contributed by atoms with van der Waals surface area (Å²) in [4.78, 5) is 11.5. The molecule has 2 atom stereocenters. The lowest BCUT2D eigenvalue weighted by Crippen LogP contribution is -2.23. The Balaban J connectivity index is 2.05. The van der Waals surface area contributed by atoms with E-state index < -0.39 is 0 Å². The standard InChI is InChI=1S/C14H21N3O/c1-16-14(18)8-10-4-2-3-5-13(10)17-12-7-6-11(15)9-12/h2-5,11-12,17H,6-9,15H2,1H3,(H,16,18). The molecule has 2 rings (SSSR count). The molecule has 2 unspecified atom stereocenters. The van der Waals surface area contributed by atoms with Crippen molar-refractivity contribution in [2.24, 2.45) is 5.73 Å². The van der Waals surface area contributed by atoms with E-state index in [4.69, 9.17) is 5.73 Å². The second kappa shape index (κ2) is 5.87. The van der Waals surface area contributed by atoms with Crippen LogP contribution >= 0.6 is 0 Å². The first-order chi connectivity index (χ1) is 8.69. The fourth-order valence-electron chi connectivity index (χ4n) is 2.44. The smallest absolute Gasteiger partial charge is 0.224 e. The largest absolute Gasteiger partial charge is 0.382 e. The number of anilines is 1. The van der Waals surface area contributed by atoms with Crippen molar-refractivity contribution in [2.75, 3.05) is 12.4 Å². The van der Waals surface area contributed by atoms with Crippen LogP contribution < -0.4 is 16.4 Å². The zero-order valence-corrected chi connectivity index (χ0v) is 10.8. The minimum Gasteiger partial charge on any atom is -0.382 e.